The van der Waals surface area contributed by atoms with Crippen LogP contribution in [0.25, 0.3) is 0 Å². The number of sulfone groups is 1. The van der Waals surface area contributed by atoms with Crippen LogP contribution in [0, 0.1) is 0 Å². The molecular formula is C23H26ClF3N4O5S. The normalized spacial score (nSPS) is 16.5. The molecule has 2 aromatic carbocycles. The van der Waals surface area contributed by atoms with Crippen LogP contribution >= 0.6 is 11.6 Å². The molecule has 0 saturated carbocycles. The quantitative estimate of drug-likeness (QED) is 0.361. The van der Waals surface area contributed by atoms with Crippen LogP contribution in [0.5, 0.6) is 0 Å². The van der Waals surface area contributed by atoms with Crippen molar-refractivity contribution in [3.05, 3.63) is 57.6 Å². The van der Waals surface area contributed by atoms with E-state index in [0.717, 1.165) is 6.07 Å². The highest BCUT2D eigenvalue weighted by Crippen LogP contribution is 2.35. The molecule has 0 radical (unpaired) electrons. The molecule has 37 heavy (non-hydrogen) atoms. The number of alkyl halides is 3. The fourth-order valence-electron chi connectivity index (χ4n) is 4.18. The summed E-state index contributed by atoms with van der Waals surface area (Å²) in [5, 5.41) is 13.8. The van der Waals surface area contributed by atoms with E-state index in [2.05, 4.69) is 10.6 Å². The number of hydrogen-bond donors (Lipinski definition) is 4. The van der Waals surface area contributed by atoms with Gasteiger partial charge in [-0.25, -0.2) is 13.2 Å². The predicted molar refractivity (Wildman–Crippen MR) is 131 cm³/mol. The lowest BCUT2D eigenvalue weighted by atomic mass is 10.00. The summed E-state index contributed by atoms with van der Waals surface area (Å²) in [5.41, 5.74) is 4.36. The molecular weight excluding hydrogens is 537 g/mol. The lowest BCUT2D eigenvalue weighted by Crippen LogP contribution is -2.36. The standard InChI is InChI=1S/C23H26ClF3N4O5S/c1-2-37(35,36)20-4-3-15(24)7-13(20)10-29-21(32)17-9-18(23(25,26)27)14(8-19(17)28)11-31-6-5-16(12-31)30-22(33)34/h3-4,7-9,16,30H,2,5-6,10-12,28H2,1H3,(H,29,32)(H,33,34)/t16-/m1/s1. The topological polar surface area (TPSA) is 142 Å². The van der Waals surface area contributed by atoms with Gasteiger partial charge in [0.15, 0.2) is 9.84 Å². The molecule has 1 aliphatic heterocycles. The second kappa shape index (κ2) is 11.2. The lowest BCUT2D eigenvalue weighted by Gasteiger charge is -2.21. The number of anilines is 1. The number of likely N-dealkylation sites (tertiary alicyclic amines) is 1. The summed E-state index contributed by atoms with van der Waals surface area (Å²) in [6.07, 6.45) is -5.55. The summed E-state index contributed by atoms with van der Waals surface area (Å²) in [6.45, 7) is 1.63. The van der Waals surface area contributed by atoms with Gasteiger partial charge in [0, 0.05) is 42.9 Å². The van der Waals surface area contributed by atoms with E-state index in [1.54, 1.807) is 4.90 Å². The minimum atomic E-state index is -4.79. The third kappa shape index (κ3) is 7.05. The van der Waals surface area contributed by atoms with Crippen molar-refractivity contribution < 1.29 is 36.3 Å². The average molecular weight is 563 g/mol. The van der Waals surface area contributed by atoms with E-state index in [1.165, 1.54) is 25.1 Å². The Labute approximate surface area is 216 Å². The summed E-state index contributed by atoms with van der Waals surface area (Å²) in [4.78, 5) is 25.3. The fraction of sp³-hybridized carbons (Fsp3) is 0.391. The van der Waals surface area contributed by atoms with Crippen LogP contribution in [0.15, 0.2) is 35.2 Å². The van der Waals surface area contributed by atoms with Gasteiger partial charge in [-0.15, -0.1) is 0 Å². The first-order chi connectivity index (χ1) is 17.2. The molecule has 0 aromatic heterocycles. The molecule has 1 heterocycles. The summed E-state index contributed by atoms with van der Waals surface area (Å²) < 4.78 is 66.4. The van der Waals surface area contributed by atoms with Gasteiger partial charge in [0.1, 0.15) is 0 Å². The largest absolute Gasteiger partial charge is 0.465 e. The molecule has 2 aromatic rings. The fourth-order valence-corrected chi connectivity index (χ4v) is 5.49. The Balaban J connectivity index is 1.84. The number of amides is 2. The highest BCUT2D eigenvalue weighted by Gasteiger charge is 2.36. The molecule has 202 valence electrons. The zero-order valence-corrected chi connectivity index (χ0v) is 21.3. The Bertz CT molecular complexity index is 1300. The first-order valence-electron chi connectivity index (χ1n) is 11.2. The molecule has 3 rings (SSSR count). The summed E-state index contributed by atoms with van der Waals surface area (Å²) in [6, 6.07) is 5.42. The molecule has 0 spiro atoms. The maximum atomic E-state index is 13.9. The van der Waals surface area contributed by atoms with Crippen molar-refractivity contribution in [3.63, 3.8) is 0 Å². The molecule has 14 heteroatoms. The van der Waals surface area contributed by atoms with Crippen LogP contribution in [0.4, 0.5) is 23.7 Å². The Hall–Kier alpha value is -3.03. The highest BCUT2D eigenvalue weighted by atomic mass is 35.5. The van der Waals surface area contributed by atoms with E-state index >= 15 is 0 Å². The van der Waals surface area contributed by atoms with Gasteiger partial charge < -0.3 is 21.5 Å². The lowest BCUT2D eigenvalue weighted by molar-refractivity contribution is -0.138. The molecule has 1 fully saturated rings. The van der Waals surface area contributed by atoms with E-state index in [0.29, 0.717) is 19.0 Å². The monoisotopic (exact) mass is 562 g/mol. The van der Waals surface area contributed by atoms with Gasteiger partial charge in [-0.3, -0.25) is 9.69 Å². The summed E-state index contributed by atoms with van der Waals surface area (Å²) in [5.74, 6) is -1.11. The van der Waals surface area contributed by atoms with Crippen molar-refractivity contribution in [2.24, 2.45) is 0 Å². The molecule has 1 saturated heterocycles. The van der Waals surface area contributed by atoms with Crippen LogP contribution in [0.1, 0.15) is 40.4 Å². The number of nitrogens with zero attached hydrogens (tertiary/aromatic N) is 1. The van der Waals surface area contributed by atoms with Gasteiger partial charge in [0.05, 0.1) is 21.8 Å². The second-order valence-electron chi connectivity index (χ2n) is 8.60. The average Bonchev–Trinajstić information content (AvgIpc) is 3.22. The van der Waals surface area contributed by atoms with Crippen molar-refractivity contribution >= 4 is 39.1 Å². The van der Waals surface area contributed by atoms with E-state index in [1.807, 2.05) is 0 Å². The summed E-state index contributed by atoms with van der Waals surface area (Å²) in [7, 11) is -3.65. The molecule has 1 atom stereocenters. The van der Waals surface area contributed by atoms with Crippen LogP contribution in [-0.4, -0.2) is 55.3 Å². The number of nitrogens with one attached hydrogen (secondary N) is 2. The number of carboxylic acid groups (broad SMARTS) is 1. The van der Waals surface area contributed by atoms with Crippen molar-refractivity contribution in [1.29, 1.82) is 0 Å². The molecule has 9 nitrogen and oxygen atoms in total. The van der Waals surface area contributed by atoms with Crippen molar-refractivity contribution in [2.75, 3.05) is 24.6 Å². The zero-order valence-electron chi connectivity index (χ0n) is 19.7. The van der Waals surface area contributed by atoms with Crippen LogP contribution in [-0.2, 0) is 29.1 Å². The number of halogens is 4. The van der Waals surface area contributed by atoms with Crippen LogP contribution in [0.3, 0.4) is 0 Å². The second-order valence-corrected chi connectivity index (χ2v) is 11.3. The zero-order chi connectivity index (χ0) is 27.5. The van der Waals surface area contributed by atoms with Gasteiger partial charge in [0.25, 0.3) is 5.91 Å². The number of nitrogens with two attached hydrogens (primary N) is 1. The van der Waals surface area contributed by atoms with E-state index < -0.39 is 45.2 Å². The van der Waals surface area contributed by atoms with Gasteiger partial charge in [-0.2, -0.15) is 13.2 Å². The predicted octanol–water partition coefficient (Wildman–Crippen LogP) is 3.51. The third-order valence-electron chi connectivity index (χ3n) is 6.00. The maximum Gasteiger partial charge on any atom is 0.416 e. The first kappa shape index (κ1) is 28.5. The Morgan fingerprint density at radius 2 is 1.92 bits per heavy atom. The minimum absolute atomic E-state index is 0.0414. The molecule has 0 bridgehead atoms. The Morgan fingerprint density at radius 3 is 2.54 bits per heavy atom. The molecule has 5 N–H and O–H groups in total. The van der Waals surface area contributed by atoms with Crippen molar-refractivity contribution in [2.45, 2.75) is 43.5 Å². The number of hydrogen-bond acceptors (Lipinski definition) is 6. The highest BCUT2D eigenvalue weighted by molar-refractivity contribution is 7.91. The van der Waals surface area contributed by atoms with Gasteiger partial charge in [-0.1, -0.05) is 18.5 Å². The Kier molecular flexibility index (Phi) is 8.60. The Morgan fingerprint density at radius 1 is 1.22 bits per heavy atom. The van der Waals surface area contributed by atoms with Crippen molar-refractivity contribution in [1.82, 2.24) is 15.5 Å². The number of rotatable bonds is 8. The van der Waals surface area contributed by atoms with Crippen molar-refractivity contribution in [3.8, 4) is 0 Å². The number of carbonyl (C=O) groups excluding carboxylic acids is 1. The maximum absolute atomic E-state index is 13.9. The summed E-state index contributed by atoms with van der Waals surface area (Å²) >= 11 is 5.97. The smallest absolute Gasteiger partial charge is 0.416 e. The number of carbonyl (C=O) groups is 2. The third-order valence-corrected chi connectivity index (χ3v) is 8.06. The SMILES string of the molecule is CCS(=O)(=O)c1ccc(Cl)cc1CNC(=O)c1cc(C(F)(F)F)c(CN2CC[C@@H](NC(=O)O)C2)cc1N. The van der Waals surface area contributed by atoms with Crippen LogP contribution < -0.4 is 16.4 Å². The van der Waals surface area contributed by atoms with Gasteiger partial charge in [-0.05, 0) is 47.9 Å². The van der Waals surface area contributed by atoms with Crippen LogP contribution in [0.2, 0.25) is 5.02 Å². The van der Waals surface area contributed by atoms with Gasteiger partial charge >= 0.3 is 12.3 Å². The van der Waals surface area contributed by atoms with Gasteiger partial charge in [0.2, 0.25) is 0 Å². The molecule has 2 amide bonds. The van der Waals surface area contributed by atoms with E-state index in [4.69, 9.17) is 22.4 Å². The van der Waals surface area contributed by atoms with E-state index in [9.17, 15) is 31.2 Å². The number of nitrogen functional groups attached to an aromatic ring is 1. The van der Waals surface area contributed by atoms with E-state index in [-0.39, 0.29) is 52.1 Å². The molecule has 0 unspecified atom stereocenters. The number of benzene rings is 2. The molecule has 1 aliphatic rings. The molecule has 0 aliphatic carbocycles. The first-order valence-corrected chi connectivity index (χ1v) is 13.2. The minimum Gasteiger partial charge on any atom is -0.465 e.